The molecule has 1 aromatic heterocycles. The van der Waals surface area contributed by atoms with Gasteiger partial charge >= 0.3 is 0 Å². The topological polar surface area (TPSA) is 42.7 Å². The number of nitrogens with one attached hydrogen (secondary N) is 1. The fourth-order valence-electron chi connectivity index (χ4n) is 3.58. The molecule has 0 amide bonds. The number of hydrogen-bond donors (Lipinski definition) is 1. The number of nitrogens with zero attached hydrogens (tertiary/aromatic N) is 3. The molecule has 2 aliphatic heterocycles. The lowest BCUT2D eigenvalue weighted by molar-refractivity contribution is 0.291. The Morgan fingerprint density at radius 1 is 1.33 bits per heavy atom. The van der Waals surface area contributed by atoms with Crippen LogP contribution in [0.5, 0.6) is 0 Å². The average molecular weight is 248 g/mol. The minimum Gasteiger partial charge on any atom is -0.317 e. The molecule has 2 fully saturated rings. The van der Waals surface area contributed by atoms with Crippen LogP contribution >= 0.6 is 0 Å². The van der Waals surface area contributed by atoms with Crippen LogP contribution in [-0.2, 0) is 13.0 Å². The summed E-state index contributed by atoms with van der Waals surface area (Å²) in [6.45, 7) is 5.53. The largest absolute Gasteiger partial charge is 0.317 e. The second kappa shape index (κ2) is 5.00. The smallest absolute Gasteiger partial charge is 0.133 e. The summed E-state index contributed by atoms with van der Waals surface area (Å²) in [6, 6.07) is 1.55. The van der Waals surface area contributed by atoms with Crippen molar-refractivity contribution in [3.63, 3.8) is 0 Å². The molecule has 1 aromatic rings. The Labute approximate surface area is 109 Å². The lowest BCUT2D eigenvalue weighted by atomic mass is 9.89. The summed E-state index contributed by atoms with van der Waals surface area (Å²) in [6.07, 6.45) is 8.40. The van der Waals surface area contributed by atoms with Crippen molar-refractivity contribution in [1.29, 1.82) is 0 Å². The average Bonchev–Trinajstić information content (AvgIpc) is 2.86. The molecule has 2 saturated heterocycles. The van der Waals surface area contributed by atoms with E-state index in [9.17, 15) is 0 Å². The Balaban J connectivity index is 1.64. The van der Waals surface area contributed by atoms with Crippen molar-refractivity contribution in [2.45, 2.75) is 64.6 Å². The molecule has 0 radical (unpaired) electrons. The van der Waals surface area contributed by atoms with E-state index in [1.807, 2.05) is 6.33 Å². The highest BCUT2D eigenvalue weighted by Gasteiger charge is 2.33. The van der Waals surface area contributed by atoms with E-state index in [1.54, 1.807) is 0 Å². The second-order valence-corrected chi connectivity index (χ2v) is 6.47. The monoisotopic (exact) mass is 248 g/mol. The summed E-state index contributed by atoms with van der Waals surface area (Å²) >= 11 is 0. The van der Waals surface area contributed by atoms with Gasteiger partial charge in [-0.25, -0.2) is 0 Å². The van der Waals surface area contributed by atoms with Gasteiger partial charge in [-0.15, -0.1) is 10.2 Å². The first kappa shape index (κ1) is 12.2. The van der Waals surface area contributed by atoms with Gasteiger partial charge in [-0.05, 0) is 37.5 Å². The Hall–Kier alpha value is -0.900. The fraction of sp³-hybridized carbons (Fsp3) is 0.857. The fourth-order valence-corrected chi connectivity index (χ4v) is 3.58. The van der Waals surface area contributed by atoms with Gasteiger partial charge in [0.15, 0.2) is 0 Å². The Morgan fingerprint density at radius 3 is 2.72 bits per heavy atom. The molecule has 100 valence electrons. The lowest BCUT2D eigenvalue weighted by Crippen LogP contribution is -2.38. The summed E-state index contributed by atoms with van der Waals surface area (Å²) in [5, 5.41) is 12.1. The van der Waals surface area contributed by atoms with Crippen LogP contribution in [0, 0.1) is 11.8 Å². The normalized spacial score (nSPS) is 31.2. The van der Waals surface area contributed by atoms with E-state index in [0.717, 1.165) is 31.0 Å². The number of hydrogen-bond acceptors (Lipinski definition) is 3. The van der Waals surface area contributed by atoms with Crippen molar-refractivity contribution in [1.82, 2.24) is 20.1 Å². The molecule has 18 heavy (non-hydrogen) atoms. The minimum absolute atomic E-state index is 0.656. The standard InChI is InChI=1S/C14H24N4/c1-10(2)8-18-9-15-17-14(18)7-11-5-12-3-4-13(6-11)16-12/h9-13,16H,3-8H2,1-2H3. The van der Waals surface area contributed by atoms with Crippen LogP contribution in [0.4, 0.5) is 0 Å². The second-order valence-electron chi connectivity index (χ2n) is 6.47. The van der Waals surface area contributed by atoms with Crippen molar-refractivity contribution in [2.24, 2.45) is 11.8 Å². The molecule has 1 N–H and O–H groups in total. The zero-order valence-electron chi connectivity index (χ0n) is 11.5. The molecule has 3 heterocycles. The van der Waals surface area contributed by atoms with Crippen molar-refractivity contribution < 1.29 is 0 Å². The first-order chi connectivity index (χ1) is 8.70. The molecule has 4 nitrogen and oxygen atoms in total. The van der Waals surface area contributed by atoms with Crippen molar-refractivity contribution >= 4 is 0 Å². The molecule has 2 bridgehead atoms. The van der Waals surface area contributed by atoms with E-state index in [-0.39, 0.29) is 0 Å². The highest BCUT2D eigenvalue weighted by molar-refractivity contribution is 4.97. The Kier molecular flexibility index (Phi) is 3.37. The number of rotatable bonds is 4. The molecule has 0 aromatic carbocycles. The van der Waals surface area contributed by atoms with Gasteiger partial charge in [0.05, 0.1) is 0 Å². The molecule has 4 heteroatoms. The third kappa shape index (κ3) is 2.58. The predicted octanol–water partition coefficient (Wildman–Crippen LogP) is 2.01. The zero-order chi connectivity index (χ0) is 12.5. The van der Waals surface area contributed by atoms with Gasteiger partial charge in [0.25, 0.3) is 0 Å². The SMILES string of the molecule is CC(C)Cn1cnnc1CC1CC2CCC(C1)N2. The van der Waals surface area contributed by atoms with Gasteiger partial charge in [0.1, 0.15) is 12.2 Å². The molecule has 0 saturated carbocycles. The quantitative estimate of drug-likeness (QED) is 0.886. The van der Waals surface area contributed by atoms with E-state index in [4.69, 9.17) is 0 Å². The summed E-state index contributed by atoms with van der Waals surface area (Å²) in [4.78, 5) is 0. The van der Waals surface area contributed by atoms with Gasteiger partial charge in [0.2, 0.25) is 0 Å². The van der Waals surface area contributed by atoms with Crippen LogP contribution in [-0.4, -0.2) is 26.8 Å². The molecule has 2 unspecified atom stereocenters. The number of fused-ring (bicyclic) bond motifs is 2. The van der Waals surface area contributed by atoms with Crippen LogP contribution in [0.2, 0.25) is 0 Å². The van der Waals surface area contributed by atoms with Crippen molar-refractivity contribution in [2.75, 3.05) is 0 Å². The molecule has 0 spiro atoms. The third-order valence-corrected chi connectivity index (χ3v) is 4.30. The van der Waals surface area contributed by atoms with Crippen LogP contribution in [0.3, 0.4) is 0 Å². The lowest BCUT2D eigenvalue weighted by Gasteiger charge is -2.28. The molecule has 2 aliphatic rings. The van der Waals surface area contributed by atoms with E-state index in [2.05, 4.69) is 33.9 Å². The van der Waals surface area contributed by atoms with Gasteiger partial charge < -0.3 is 9.88 Å². The van der Waals surface area contributed by atoms with E-state index < -0.39 is 0 Å². The van der Waals surface area contributed by atoms with Gasteiger partial charge in [-0.3, -0.25) is 0 Å². The summed E-state index contributed by atoms with van der Waals surface area (Å²) in [5.74, 6) is 2.65. The van der Waals surface area contributed by atoms with Gasteiger partial charge in [0, 0.05) is 25.0 Å². The van der Waals surface area contributed by atoms with Gasteiger partial charge in [-0.1, -0.05) is 13.8 Å². The first-order valence-electron chi connectivity index (χ1n) is 7.33. The Morgan fingerprint density at radius 2 is 2.06 bits per heavy atom. The zero-order valence-corrected chi connectivity index (χ0v) is 11.5. The summed E-state index contributed by atoms with van der Waals surface area (Å²) in [5.41, 5.74) is 0. The Bertz CT molecular complexity index is 386. The summed E-state index contributed by atoms with van der Waals surface area (Å²) in [7, 11) is 0. The number of aromatic nitrogens is 3. The number of piperidine rings is 1. The maximum atomic E-state index is 4.33. The van der Waals surface area contributed by atoms with E-state index in [1.165, 1.54) is 31.5 Å². The van der Waals surface area contributed by atoms with Crippen LogP contribution in [0.25, 0.3) is 0 Å². The predicted molar refractivity (Wildman–Crippen MR) is 71.2 cm³/mol. The third-order valence-electron chi connectivity index (χ3n) is 4.30. The van der Waals surface area contributed by atoms with Crippen LogP contribution < -0.4 is 5.32 Å². The maximum absolute atomic E-state index is 4.33. The van der Waals surface area contributed by atoms with E-state index >= 15 is 0 Å². The van der Waals surface area contributed by atoms with Crippen LogP contribution in [0.15, 0.2) is 6.33 Å². The molecule has 0 aliphatic carbocycles. The molecular weight excluding hydrogens is 224 g/mol. The van der Waals surface area contributed by atoms with Crippen LogP contribution in [0.1, 0.15) is 45.4 Å². The highest BCUT2D eigenvalue weighted by atomic mass is 15.3. The van der Waals surface area contributed by atoms with Crippen molar-refractivity contribution in [3.8, 4) is 0 Å². The maximum Gasteiger partial charge on any atom is 0.133 e. The van der Waals surface area contributed by atoms with Gasteiger partial charge in [-0.2, -0.15) is 0 Å². The molecule has 3 rings (SSSR count). The highest BCUT2D eigenvalue weighted by Crippen LogP contribution is 2.32. The first-order valence-corrected chi connectivity index (χ1v) is 7.33. The minimum atomic E-state index is 0.656. The summed E-state index contributed by atoms with van der Waals surface area (Å²) < 4.78 is 2.24. The molecule has 2 atom stereocenters. The van der Waals surface area contributed by atoms with E-state index in [0.29, 0.717) is 5.92 Å². The molecular formula is C14H24N4. The van der Waals surface area contributed by atoms with Crippen molar-refractivity contribution in [3.05, 3.63) is 12.2 Å².